The van der Waals surface area contributed by atoms with Gasteiger partial charge in [0.15, 0.2) is 5.82 Å². The summed E-state index contributed by atoms with van der Waals surface area (Å²) in [7, 11) is 3.07. The Balaban J connectivity index is 2.34. The van der Waals surface area contributed by atoms with Gasteiger partial charge in [0.25, 0.3) is 0 Å². The van der Waals surface area contributed by atoms with Gasteiger partial charge in [0.1, 0.15) is 5.56 Å². The van der Waals surface area contributed by atoms with Crippen LogP contribution >= 0.6 is 0 Å². The van der Waals surface area contributed by atoms with Gasteiger partial charge in [-0.25, -0.2) is 9.59 Å². The number of ether oxygens (including phenoxy) is 1. The van der Waals surface area contributed by atoms with Crippen LogP contribution in [0.5, 0.6) is 0 Å². The number of hydrogen-bond acceptors (Lipinski definition) is 4. The van der Waals surface area contributed by atoms with E-state index >= 15 is 0 Å². The van der Waals surface area contributed by atoms with Crippen molar-refractivity contribution in [3.8, 4) is 0 Å². The Morgan fingerprint density at radius 2 is 2.00 bits per heavy atom. The second-order valence-corrected chi connectivity index (χ2v) is 4.88. The number of rotatable bonds is 5. The summed E-state index contributed by atoms with van der Waals surface area (Å²) in [5.74, 6) is -0.240. The van der Waals surface area contributed by atoms with Crippen LogP contribution in [0.3, 0.4) is 0 Å². The quantitative estimate of drug-likeness (QED) is 0.855. The average Bonchev–Trinajstić information content (AvgIpc) is 2.98. The number of anilines is 1. The fraction of sp³-hybridized carbons (Fsp3) is 0.312. The van der Waals surface area contributed by atoms with E-state index in [4.69, 9.17) is 4.74 Å². The Labute approximate surface area is 134 Å². The molecule has 0 atom stereocenters. The summed E-state index contributed by atoms with van der Waals surface area (Å²) < 4.78 is 6.67. The normalized spacial score (nSPS) is 10.2. The molecule has 0 aliphatic heterocycles. The number of aromatic nitrogens is 2. The van der Waals surface area contributed by atoms with Gasteiger partial charge in [-0.2, -0.15) is 5.10 Å². The van der Waals surface area contributed by atoms with Gasteiger partial charge in [0.05, 0.1) is 13.2 Å². The zero-order valence-corrected chi connectivity index (χ0v) is 13.4. The van der Waals surface area contributed by atoms with Crippen LogP contribution in [0, 0.1) is 0 Å². The zero-order valence-electron chi connectivity index (χ0n) is 13.4. The molecule has 0 bridgehead atoms. The van der Waals surface area contributed by atoms with Crippen molar-refractivity contribution in [1.82, 2.24) is 15.1 Å². The highest BCUT2D eigenvalue weighted by molar-refractivity contribution is 6.00. The first-order chi connectivity index (χ1) is 11.1. The van der Waals surface area contributed by atoms with E-state index in [0.29, 0.717) is 6.54 Å². The van der Waals surface area contributed by atoms with Gasteiger partial charge in [-0.15, -0.1) is 0 Å². The van der Waals surface area contributed by atoms with Crippen LogP contribution in [0.1, 0.15) is 22.8 Å². The third kappa shape index (κ3) is 3.88. The first-order valence-electron chi connectivity index (χ1n) is 7.30. The molecule has 1 N–H and O–H groups in total. The number of carbonyl (C=O) groups is 2. The number of hydrogen-bond donors (Lipinski definition) is 1. The minimum absolute atomic E-state index is 0.256. The van der Waals surface area contributed by atoms with Crippen molar-refractivity contribution >= 4 is 17.8 Å². The Hall–Kier alpha value is -2.83. The average molecular weight is 316 g/mol. The van der Waals surface area contributed by atoms with Crippen molar-refractivity contribution in [2.24, 2.45) is 0 Å². The van der Waals surface area contributed by atoms with Gasteiger partial charge in [-0.05, 0) is 12.5 Å². The first-order valence-corrected chi connectivity index (χ1v) is 7.30. The number of benzene rings is 1. The molecule has 0 spiro atoms. The van der Waals surface area contributed by atoms with Gasteiger partial charge < -0.3 is 10.1 Å². The van der Waals surface area contributed by atoms with E-state index < -0.39 is 5.97 Å². The van der Waals surface area contributed by atoms with Gasteiger partial charge >= 0.3 is 12.0 Å². The van der Waals surface area contributed by atoms with E-state index in [9.17, 15) is 9.59 Å². The SMILES string of the molecule is CCOC(=O)c1cn(Cc2ccccc2)nc1N(C)C(=O)NC. The molecule has 23 heavy (non-hydrogen) atoms. The molecule has 7 nitrogen and oxygen atoms in total. The zero-order chi connectivity index (χ0) is 16.8. The molecule has 7 heteroatoms. The molecule has 0 saturated carbocycles. The van der Waals surface area contributed by atoms with Crippen LogP contribution in [0.4, 0.5) is 10.6 Å². The molecule has 1 heterocycles. The van der Waals surface area contributed by atoms with Crippen molar-refractivity contribution < 1.29 is 14.3 Å². The molecule has 2 amide bonds. The maximum atomic E-state index is 12.1. The second-order valence-electron chi connectivity index (χ2n) is 4.88. The van der Waals surface area contributed by atoms with Gasteiger partial charge in [-0.3, -0.25) is 9.58 Å². The summed E-state index contributed by atoms with van der Waals surface area (Å²) in [6, 6.07) is 9.37. The predicted octanol–water partition coefficient (Wildman–Crippen LogP) is 1.88. The summed E-state index contributed by atoms with van der Waals surface area (Å²) in [5.41, 5.74) is 1.30. The summed E-state index contributed by atoms with van der Waals surface area (Å²) in [4.78, 5) is 25.2. The second kappa shape index (κ2) is 7.44. The summed E-state index contributed by atoms with van der Waals surface area (Å²) in [5, 5.41) is 6.86. The number of nitrogens with one attached hydrogen (secondary N) is 1. The third-order valence-electron chi connectivity index (χ3n) is 3.26. The standard InChI is InChI=1S/C16H20N4O3/c1-4-23-15(21)13-11-20(10-12-8-6-5-7-9-12)18-14(13)19(3)16(22)17-2/h5-9,11H,4,10H2,1-3H3,(H,17,22). The van der Waals surface area contributed by atoms with Crippen LogP contribution in [0.15, 0.2) is 36.5 Å². The molecule has 122 valence electrons. The van der Waals surface area contributed by atoms with Gasteiger partial charge in [-0.1, -0.05) is 30.3 Å². The highest BCUT2D eigenvalue weighted by Crippen LogP contribution is 2.19. The van der Waals surface area contributed by atoms with E-state index in [0.717, 1.165) is 5.56 Å². The molecule has 1 aromatic heterocycles. The molecular weight excluding hydrogens is 296 g/mol. The van der Waals surface area contributed by atoms with Crippen molar-refractivity contribution in [3.63, 3.8) is 0 Å². The van der Waals surface area contributed by atoms with E-state index in [1.54, 1.807) is 24.9 Å². The monoisotopic (exact) mass is 316 g/mol. The maximum absolute atomic E-state index is 12.1. The van der Waals surface area contributed by atoms with Crippen molar-refractivity contribution in [2.45, 2.75) is 13.5 Å². The summed E-state index contributed by atoms with van der Waals surface area (Å²) in [6.07, 6.45) is 1.60. The first kappa shape index (κ1) is 16.5. The molecule has 1 aromatic carbocycles. The van der Waals surface area contributed by atoms with E-state index in [2.05, 4.69) is 10.4 Å². The lowest BCUT2D eigenvalue weighted by Gasteiger charge is -2.14. The maximum Gasteiger partial charge on any atom is 0.343 e. The number of amides is 2. The Bertz CT molecular complexity index is 682. The van der Waals surface area contributed by atoms with Crippen LogP contribution in [0.25, 0.3) is 0 Å². The van der Waals surface area contributed by atoms with Gasteiger partial charge in [0.2, 0.25) is 0 Å². The lowest BCUT2D eigenvalue weighted by molar-refractivity contribution is 0.0527. The molecule has 0 unspecified atom stereocenters. The molecule has 0 radical (unpaired) electrons. The van der Waals surface area contributed by atoms with E-state index in [-0.39, 0.29) is 24.0 Å². The van der Waals surface area contributed by atoms with Crippen molar-refractivity contribution in [1.29, 1.82) is 0 Å². The topological polar surface area (TPSA) is 76.5 Å². The number of esters is 1. The predicted molar refractivity (Wildman–Crippen MR) is 86.6 cm³/mol. The summed E-state index contributed by atoms with van der Waals surface area (Å²) >= 11 is 0. The highest BCUT2D eigenvalue weighted by atomic mass is 16.5. The van der Waals surface area contributed by atoms with E-state index in [1.807, 2.05) is 30.3 Å². The molecule has 0 fully saturated rings. The molecule has 0 aliphatic rings. The molecular formula is C16H20N4O3. The lowest BCUT2D eigenvalue weighted by Crippen LogP contribution is -2.36. The highest BCUT2D eigenvalue weighted by Gasteiger charge is 2.23. The third-order valence-corrected chi connectivity index (χ3v) is 3.26. The fourth-order valence-electron chi connectivity index (χ4n) is 2.13. The molecule has 0 aliphatic carbocycles. The van der Waals surface area contributed by atoms with Crippen LogP contribution < -0.4 is 10.2 Å². The summed E-state index contributed by atoms with van der Waals surface area (Å²) in [6.45, 7) is 2.48. The minimum Gasteiger partial charge on any atom is -0.462 e. The van der Waals surface area contributed by atoms with Crippen LogP contribution in [-0.4, -0.2) is 42.5 Å². The Morgan fingerprint density at radius 3 is 2.61 bits per heavy atom. The molecule has 2 rings (SSSR count). The van der Waals surface area contributed by atoms with Crippen LogP contribution in [-0.2, 0) is 11.3 Å². The van der Waals surface area contributed by atoms with Crippen molar-refractivity contribution in [3.05, 3.63) is 47.7 Å². The fourth-order valence-corrected chi connectivity index (χ4v) is 2.13. The Kier molecular flexibility index (Phi) is 5.35. The molecule has 0 saturated heterocycles. The lowest BCUT2D eigenvalue weighted by atomic mass is 10.2. The molecule has 2 aromatic rings. The minimum atomic E-state index is -0.502. The van der Waals surface area contributed by atoms with Gasteiger partial charge in [0, 0.05) is 20.3 Å². The smallest absolute Gasteiger partial charge is 0.343 e. The van der Waals surface area contributed by atoms with Crippen molar-refractivity contribution in [2.75, 3.05) is 25.6 Å². The number of nitrogens with zero attached hydrogens (tertiary/aromatic N) is 3. The number of urea groups is 1. The number of carbonyl (C=O) groups excluding carboxylic acids is 2. The Morgan fingerprint density at radius 1 is 1.30 bits per heavy atom. The van der Waals surface area contributed by atoms with E-state index in [1.165, 1.54) is 11.9 Å². The largest absolute Gasteiger partial charge is 0.462 e. The van der Waals surface area contributed by atoms with Crippen LogP contribution in [0.2, 0.25) is 0 Å².